The zero-order chi connectivity index (χ0) is 12.4. The first kappa shape index (κ1) is 15.4. The van der Waals surface area contributed by atoms with Crippen molar-refractivity contribution in [3.63, 3.8) is 0 Å². The van der Waals surface area contributed by atoms with E-state index >= 15 is 0 Å². The molecule has 0 saturated heterocycles. The van der Waals surface area contributed by atoms with E-state index in [0.29, 0.717) is 12.5 Å². The fraction of sp³-hybridized carbons (Fsp3) is 0.917. The number of amides is 1. The van der Waals surface area contributed by atoms with Gasteiger partial charge in [-0.2, -0.15) is 0 Å². The van der Waals surface area contributed by atoms with Crippen LogP contribution in [0.1, 0.15) is 46.0 Å². The van der Waals surface area contributed by atoms with E-state index in [-0.39, 0.29) is 18.6 Å². The minimum absolute atomic E-state index is 0.0686. The molecule has 0 aliphatic rings. The molecule has 0 fully saturated rings. The van der Waals surface area contributed by atoms with Crippen molar-refractivity contribution in [3.05, 3.63) is 0 Å². The molecule has 2 atom stereocenters. The number of hydrogen-bond acceptors (Lipinski definition) is 3. The van der Waals surface area contributed by atoms with Gasteiger partial charge in [0.25, 0.3) is 0 Å². The van der Waals surface area contributed by atoms with Crippen LogP contribution in [0.15, 0.2) is 0 Å². The molecule has 16 heavy (non-hydrogen) atoms. The third-order valence-corrected chi connectivity index (χ3v) is 2.74. The van der Waals surface area contributed by atoms with Gasteiger partial charge in [-0.1, -0.05) is 26.7 Å². The van der Waals surface area contributed by atoms with Gasteiger partial charge >= 0.3 is 0 Å². The molecule has 0 aliphatic heterocycles. The van der Waals surface area contributed by atoms with Gasteiger partial charge in [-0.25, -0.2) is 0 Å². The molecule has 96 valence electrons. The van der Waals surface area contributed by atoms with E-state index in [9.17, 15) is 4.79 Å². The molecule has 0 heterocycles. The zero-order valence-electron chi connectivity index (χ0n) is 10.5. The van der Waals surface area contributed by atoms with Gasteiger partial charge in [0.1, 0.15) is 0 Å². The summed E-state index contributed by atoms with van der Waals surface area (Å²) in [4.78, 5) is 11.5. The molecule has 0 aromatic carbocycles. The largest absolute Gasteiger partial charge is 0.396 e. The van der Waals surface area contributed by atoms with E-state index in [0.717, 1.165) is 32.1 Å². The molecule has 1 amide bonds. The Morgan fingerprint density at radius 2 is 1.88 bits per heavy atom. The molecule has 0 aromatic rings. The third-order valence-electron chi connectivity index (χ3n) is 2.74. The average molecular weight is 230 g/mol. The highest BCUT2D eigenvalue weighted by atomic mass is 16.3. The predicted octanol–water partition coefficient (Wildman–Crippen LogP) is 1.03. The van der Waals surface area contributed by atoms with Crippen LogP contribution < -0.4 is 11.1 Å². The van der Waals surface area contributed by atoms with Crippen molar-refractivity contribution < 1.29 is 9.90 Å². The van der Waals surface area contributed by atoms with Gasteiger partial charge in [0.2, 0.25) is 5.91 Å². The number of carbonyl (C=O) groups excluding carboxylic acids is 1. The maximum Gasteiger partial charge on any atom is 0.236 e. The van der Waals surface area contributed by atoms with Crippen molar-refractivity contribution in [3.8, 4) is 0 Å². The van der Waals surface area contributed by atoms with Gasteiger partial charge in [0, 0.05) is 13.2 Å². The Balaban J connectivity index is 3.85. The second kappa shape index (κ2) is 9.60. The number of nitrogens with one attached hydrogen (secondary N) is 1. The summed E-state index contributed by atoms with van der Waals surface area (Å²) in [5, 5.41) is 11.7. The SMILES string of the molecule is CCCC(CCO)CNC(=O)[C@H](N)CCC. The molecular formula is C12H26N2O2. The first-order valence-corrected chi connectivity index (χ1v) is 6.29. The minimum Gasteiger partial charge on any atom is -0.396 e. The van der Waals surface area contributed by atoms with E-state index < -0.39 is 0 Å². The molecule has 0 radical (unpaired) electrons. The topological polar surface area (TPSA) is 75.3 Å². The van der Waals surface area contributed by atoms with Gasteiger partial charge in [0.05, 0.1) is 6.04 Å². The molecule has 0 bridgehead atoms. The Hall–Kier alpha value is -0.610. The zero-order valence-corrected chi connectivity index (χ0v) is 10.5. The highest BCUT2D eigenvalue weighted by molar-refractivity contribution is 5.81. The summed E-state index contributed by atoms with van der Waals surface area (Å²) in [6.45, 7) is 4.93. The summed E-state index contributed by atoms with van der Waals surface area (Å²) in [6.07, 6.45) is 4.50. The Labute approximate surface area is 98.6 Å². The lowest BCUT2D eigenvalue weighted by Gasteiger charge is -2.17. The predicted molar refractivity (Wildman–Crippen MR) is 66.0 cm³/mol. The van der Waals surface area contributed by atoms with Crippen LogP contribution in [-0.4, -0.2) is 30.2 Å². The summed E-state index contributed by atoms with van der Waals surface area (Å²) in [5.41, 5.74) is 5.70. The highest BCUT2D eigenvalue weighted by Gasteiger charge is 2.14. The van der Waals surface area contributed by atoms with E-state index in [1.807, 2.05) is 6.92 Å². The first-order valence-electron chi connectivity index (χ1n) is 6.29. The molecule has 0 rings (SSSR count). The number of hydrogen-bond donors (Lipinski definition) is 3. The fourth-order valence-electron chi connectivity index (χ4n) is 1.76. The van der Waals surface area contributed by atoms with Crippen molar-refractivity contribution in [2.24, 2.45) is 11.7 Å². The van der Waals surface area contributed by atoms with Crippen LogP contribution >= 0.6 is 0 Å². The van der Waals surface area contributed by atoms with Crippen molar-refractivity contribution in [2.75, 3.05) is 13.2 Å². The van der Waals surface area contributed by atoms with Crippen LogP contribution in [0.25, 0.3) is 0 Å². The smallest absolute Gasteiger partial charge is 0.236 e. The summed E-state index contributed by atoms with van der Waals surface area (Å²) >= 11 is 0. The summed E-state index contributed by atoms with van der Waals surface area (Å²) in [5.74, 6) is 0.300. The Kier molecular flexibility index (Phi) is 9.24. The summed E-state index contributed by atoms with van der Waals surface area (Å²) in [6, 6.07) is -0.388. The molecule has 0 spiro atoms. The van der Waals surface area contributed by atoms with Crippen LogP contribution in [0.5, 0.6) is 0 Å². The average Bonchev–Trinajstić information content (AvgIpc) is 2.26. The van der Waals surface area contributed by atoms with Gasteiger partial charge in [-0.15, -0.1) is 0 Å². The Morgan fingerprint density at radius 3 is 2.38 bits per heavy atom. The molecular weight excluding hydrogens is 204 g/mol. The fourth-order valence-corrected chi connectivity index (χ4v) is 1.76. The lowest BCUT2D eigenvalue weighted by molar-refractivity contribution is -0.122. The monoisotopic (exact) mass is 230 g/mol. The molecule has 4 N–H and O–H groups in total. The molecule has 0 saturated carbocycles. The lowest BCUT2D eigenvalue weighted by atomic mass is 10.00. The maximum atomic E-state index is 11.5. The van der Waals surface area contributed by atoms with Crippen LogP contribution in [-0.2, 0) is 4.79 Å². The van der Waals surface area contributed by atoms with Crippen LogP contribution in [0, 0.1) is 5.92 Å². The van der Waals surface area contributed by atoms with Gasteiger partial charge in [-0.05, 0) is 25.2 Å². The summed E-state index contributed by atoms with van der Waals surface area (Å²) in [7, 11) is 0. The number of carbonyl (C=O) groups is 1. The minimum atomic E-state index is -0.388. The number of aliphatic hydroxyl groups is 1. The molecule has 4 heteroatoms. The van der Waals surface area contributed by atoms with Crippen LogP contribution in [0.2, 0.25) is 0 Å². The van der Waals surface area contributed by atoms with Crippen molar-refractivity contribution in [1.82, 2.24) is 5.32 Å². The molecule has 0 aromatic heterocycles. The molecule has 4 nitrogen and oxygen atoms in total. The van der Waals surface area contributed by atoms with Crippen LogP contribution in [0.4, 0.5) is 0 Å². The molecule has 0 aliphatic carbocycles. The van der Waals surface area contributed by atoms with Crippen molar-refractivity contribution in [1.29, 1.82) is 0 Å². The Bertz CT molecular complexity index is 180. The normalized spacial score (nSPS) is 14.5. The van der Waals surface area contributed by atoms with E-state index in [4.69, 9.17) is 10.8 Å². The third kappa shape index (κ3) is 6.80. The van der Waals surface area contributed by atoms with E-state index in [2.05, 4.69) is 12.2 Å². The van der Waals surface area contributed by atoms with Gasteiger partial charge in [0.15, 0.2) is 0 Å². The van der Waals surface area contributed by atoms with Crippen molar-refractivity contribution >= 4 is 5.91 Å². The number of aliphatic hydroxyl groups excluding tert-OH is 1. The quantitative estimate of drug-likeness (QED) is 0.554. The lowest BCUT2D eigenvalue weighted by Crippen LogP contribution is -2.42. The highest BCUT2D eigenvalue weighted by Crippen LogP contribution is 2.09. The number of rotatable bonds is 9. The van der Waals surface area contributed by atoms with Crippen molar-refractivity contribution in [2.45, 2.75) is 52.0 Å². The standard InChI is InChI=1S/C12H26N2O2/c1-3-5-10(7-8-15)9-14-12(16)11(13)6-4-2/h10-11,15H,3-9,13H2,1-2H3,(H,14,16)/t10?,11-/m1/s1. The Morgan fingerprint density at radius 1 is 1.25 bits per heavy atom. The van der Waals surface area contributed by atoms with Gasteiger partial charge in [-0.3, -0.25) is 4.79 Å². The van der Waals surface area contributed by atoms with E-state index in [1.54, 1.807) is 0 Å². The second-order valence-corrected chi connectivity index (χ2v) is 4.31. The molecule has 1 unspecified atom stereocenters. The summed E-state index contributed by atoms with van der Waals surface area (Å²) < 4.78 is 0. The second-order valence-electron chi connectivity index (χ2n) is 4.31. The first-order chi connectivity index (χ1) is 7.65. The maximum absolute atomic E-state index is 11.5. The number of nitrogens with two attached hydrogens (primary N) is 1. The van der Waals surface area contributed by atoms with Gasteiger partial charge < -0.3 is 16.2 Å². The van der Waals surface area contributed by atoms with E-state index in [1.165, 1.54) is 0 Å². The van der Waals surface area contributed by atoms with Crippen LogP contribution in [0.3, 0.4) is 0 Å².